The molecule has 5 nitrogen and oxygen atoms in total. The van der Waals surface area contributed by atoms with Crippen molar-refractivity contribution in [3.05, 3.63) is 65.7 Å². The number of nitrogens with zero attached hydrogens (tertiary/aromatic N) is 1. The summed E-state index contributed by atoms with van der Waals surface area (Å²) in [5, 5.41) is 0. The minimum atomic E-state index is -0.370. The van der Waals surface area contributed by atoms with E-state index in [4.69, 9.17) is 9.47 Å². The molecule has 0 aromatic heterocycles. The zero-order valence-electron chi connectivity index (χ0n) is 16.2. The maximum atomic E-state index is 12.8. The van der Waals surface area contributed by atoms with Crippen molar-refractivity contribution in [1.29, 1.82) is 0 Å². The van der Waals surface area contributed by atoms with Gasteiger partial charge in [-0.2, -0.15) is 0 Å². The summed E-state index contributed by atoms with van der Waals surface area (Å²) < 4.78 is 9.98. The molecule has 0 N–H and O–H groups in total. The summed E-state index contributed by atoms with van der Waals surface area (Å²) in [6, 6.07) is 17.4. The topological polar surface area (TPSA) is 55.8 Å². The maximum Gasteiger partial charge on any atom is 0.310 e. The average molecular weight is 369 g/mol. The zero-order chi connectivity index (χ0) is 19.6. The number of benzene rings is 2. The van der Waals surface area contributed by atoms with E-state index in [0.717, 1.165) is 16.9 Å². The number of carbonyl (C=O) groups is 2. The summed E-state index contributed by atoms with van der Waals surface area (Å²) in [7, 11) is 3.00. The van der Waals surface area contributed by atoms with E-state index in [0.29, 0.717) is 25.9 Å². The van der Waals surface area contributed by atoms with Gasteiger partial charge in [-0.3, -0.25) is 9.59 Å². The van der Waals surface area contributed by atoms with Gasteiger partial charge in [0.25, 0.3) is 0 Å². The molecule has 2 aromatic rings. The van der Waals surface area contributed by atoms with E-state index in [-0.39, 0.29) is 17.8 Å². The molecule has 0 aliphatic carbocycles. The highest BCUT2D eigenvalue weighted by molar-refractivity contribution is 5.80. The molecular weight excluding hydrogens is 342 g/mol. The fourth-order valence-corrected chi connectivity index (χ4v) is 2.86. The first-order chi connectivity index (χ1) is 13.0. The number of hydrogen-bond acceptors (Lipinski definition) is 4. The number of hydrogen-bond donors (Lipinski definition) is 0. The van der Waals surface area contributed by atoms with Gasteiger partial charge in [-0.05, 0) is 29.7 Å². The number of methoxy groups -OCH3 is 2. The molecule has 0 saturated carbocycles. The highest BCUT2D eigenvalue weighted by Gasteiger charge is 2.21. The molecule has 0 bridgehead atoms. The van der Waals surface area contributed by atoms with Gasteiger partial charge in [0.05, 0.1) is 26.6 Å². The first kappa shape index (κ1) is 20.5. The van der Waals surface area contributed by atoms with Crippen LogP contribution in [0.2, 0.25) is 0 Å². The van der Waals surface area contributed by atoms with Crippen molar-refractivity contribution in [1.82, 2.24) is 4.90 Å². The van der Waals surface area contributed by atoms with Crippen LogP contribution < -0.4 is 4.74 Å². The molecule has 0 aliphatic heterocycles. The number of ether oxygens (including phenoxy) is 2. The number of amides is 1. The quantitative estimate of drug-likeness (QED) is 0.637. The second kappa shape index (κ2) is 10.4. The Bertz CT molecular complexity index is 728. The normalized spacial score (nSPS) is 11.5. The Morgan fingerprint density at radius 3 is 2.22 bits per heavy atom. The van der Waals surface area contributed by atoms with E-state index in [1.165, 1.54) is 7.11 Å². The molecule has 0 fully saturated rings. The van der Waals surface area contributed by atoms with E-state index in [1.54, 1.807) is 18.9 Å². The predicted molar refractivity (Wildman–Crippen MR) is 105 cm³/mol. The van der Waals surface area contributed by atoms with Gasteiger partial charge < -0.3 is 14.4 Å². The second-order valence-electron chi connectivity index (χ2n) is 6.52. The molecule has 1 atom stereocenters. The van der Waals surface area contributed by atoms with E-state index in [2.05, 4.69) is 0 Å². The fraction of sp³-hybridized carbons (Fsp3) is 0.364. The third-order valence-electron chi connectivity index (χ3n) is 4.48. The first-order valence-electron chi connectivity index (χ1n) is 9.06. The van der Waals surface area contributed by atoms with Crippen LogP contribution in [-0.2, 0) is 27.2 Å². The third kappa shape index (κ3) is 6.44. The Labute approximate surface area is 160 Å². The summed E-state index contributed by atoms with van der Waals surface area (Å²) >= 11 is 0. The highest BCUT2D eigenvalue weighted by atomic mass is 16.5. The van der Waals surface area contributed by atoms with Crippen LogP contribution in [-0.4, -0.2) is 44.1 Å². The average Bonchev–Trinajstić information content (AvgIpc) is 2.71. The first-order valence-corrected chi connectivity index (χ1v) is 9.06. The Morgan fingerprint density at radius 2 is 1.63 bits per heavy atom. The van der Waals surface area contributed by atoms with Gasteiger partial charge in [-0.25, -0.2) is 0 Å². The summed E-state index contributed by atoms with van der Waals surface area (Å²) in [4.78, 5) is 26.4. The molecule has 0 aliphatic rings. The molecule has 0 radical (unpaired) electrons. The van der Waals surface area contributed by atoms with Crippen LogP contribution in [0.3, 0.4) is 0 Å². The Hall–Kier alpha value is -2.82. The molecule has 2 aromatic carbocycles. The SMILES string of the molecule is COC(=O)C(C)CN(CCc1ccc(OC)cc1)C(=O)Cc1ccccc1. The fourth-order valence-electron chi connectivity index (χ4n) is 2.86. The Morgan fingerprint density at radius 1 is 0.963 bits per heavy atom. The number of rotatable bonds is 9. The van der Waals surface area contributed by atoms with Crippen molar-refractivity contribution in [3.63, 3.8) is 0 Å². The number of esters is 1. The minimum Gasteiger partial charge on any atom is -0.497 e. The summed E-state index contributed by atoms with van der Waals surface area (Å²) in [5.74, 6) is 0.128. The van der Waals surface area contributed by atoms with Crippen molar-refractivity contribution in [2.45, 2.75) is 19.8 Å². The van der Waals surface area contributed by atoms with Gasteiger partial charge in [0.2, 0.25) is 5.91 Å². The van der Waals surface area contributed by atoms with Crippen LogP contribution in [0.15, 0.2) is 54.6 Å². The molecule has 1 unspecified atom stereocenters. The van der Waals surface area contributed by atoms with Gasteiger partial charge in [0, 0.05) is 13.1 Å². The molecule has 1 amide bonds. The van der Waals surface area contributed by atoms with E-state index >= 15 is 0 Å². The third-order valence-corrected chi connectivity index (χ3v) is 4.48. The van der Waals surface area contributed by atoms with Crippen molar-refractivity contribution in [2.24, 2.45) is 5.92 Å². The lowest BCUT2D eigenvalue weighted by Crippen LogP contribution is -2.39. The van der Waals surface area contributed by atoms with Crippen molar-refractivity contribution >= 4 is 11.9 Å². The zero-order valence-corrected chi connectivity index (χ0v) is 16.2. The van der Waals surface area contributed by atoms with E-state index in [1.807, 2.05) is 54.6 Å². The second-order valence-corrected chi connectivity index (χ2v) is 6.52. The van der Waals surface area contributed by atoms with E-state index < -0.39 is 0 Å². The summed E-state index contributed by atoms with van der Waals surface area (Å²) in [5.41, 5.74) is 2.07. The largest absolute Gasteiger partial charge is 0.497 e. The van der Waals surface area contributed by atoms with Crippen LogP contribution in [0.4, 0.5) is 0 Å². The van der Waals surface area contributed by atoms with Crippen LogP contribution in [0.25, 0.3) is 0 Å². The number of carbonyl (C=O) groups excluding carboxylic acids is 2. The molecule has 0 saturated heterocycles. The Balaban J connectivity index is 2.05. The molecule has 27 heavy (non-hydrogen) atoms. The van der Waals surface area contributed by atoms with Crippen LogP contribution in [0.1, 0.15) is 18.1 Å². The lowest BCUT2D eigenvalue weighted by Gasteiger charge is -2.25. The van der Waals surface area contributed by atoms with Gasteiger partial charge >= 0.3 is 5.97 Å². The summed E-state index contributed by atoms with van der Waals surface area (Å²) in [6.07, 6.45) is 1.02. The van der Waals surface area contributed by atoms with Crippen molar-refractivity contribution in [2.75, 3.05) is 27.3 Å². The molecule has 0 heterocycles. The van der Waals surface area contributed by atoms with Gasteiger partial charge in [-0.1, -0.05) is 49.4 Å². The van der Waals surface area contributed by atoms with Gasteiger partial charge in [0.1, 0.15) is 5.75 Å². The standard InChI is InChI=1S/C22H27NO4/c1-17(22(25)27-3)16-23(21(24)15-19-7-5-4-6-8-19)14-13-18-9-11-20(26-2)12-10-18/h4-12,17H,13-16H2,1-3H3. The van der Waals surface area contributed by atoms with Crippen LogP contribution >= 0.6 is 0 Å². The molecule has 0 spiro atoms. The Kier molecular flexibility index (Phi) is 7.86. The van der Waals surface area contributed by atoms with Gasteiger partial charge in [-0.15, -0.1) is 0 Å². The molecular formula is C22H27NO4. The van der Waals surface area contributed by atoms with E-state index in [9.17, 15) is 9.59 Å². The minimum absolute atomic E-state index is 0.00506. The van der Waals surface area contributed by atoms with Crippen molar-refractivity contribution in [3.8, 4) is 5.75 Å². The van der Waals surface area contributed by atoms with Gasteiger partial charge in [0.15, 0.2) is 0 Å². The molecule has 144 valence electrons. The maximum absolute atomic E-state index is 12.8. The monoisotopic (exact) mass is 369 g/mol. The smallest absolute Gasteiger partial charge is 0.310 e. The predicted octanol–water partition coefficient (Wildman–Crippen LogP) is 3.12. The summed E-state index contributed by atoms with van der Waals surface area (Å²) in [6.45, 7) is 2.66. The van der Waals surface area contributed by atoms with Crippen molar-refractivity contribution < 1.29 is 19.1 Å². The molecule has 2 rings (SSSR count). The van der Waals surface area contributed by atoms with Crippen LogP contribution in [0.5, 0.6) is 5.75 Å². The lowest BCUT2D eigenvalue weighted by molar-refractivity contribution is -0.146. The lowest BCUT2D eigenvalue weighted by atomic mass is 10.1. The molecule has 5 heteroatoms. The highest BCUT2D eigenvalue weighted by Crippen LogP contribution is 2.13. The van der Waals surface area contributed by atoms with Crippen LogP contribution in [0, 0.1) is 5.92 Å².